The van der Waals surface area contributed by atoms with E-state index in [4.69, 9.17) is 0 Å². The van der Waals surface area contributed by atoms with Crippen molar-refractivity contribution in [2.45, 2.75) is 69.2 Å². The van der Waals surface area contributed by atoms with E-state index >= 15 is 4.79 Å². The Morgan fingerprint density at radius 1 is 0.632 bits per heavy atom. The number of nitrogens with one attached hydrogen (secondary N) is 3. The summed E-state index contributed by atoms with van der Waals surface area (Å²) in [5.41, 5.74) is 4.54. The van der Waals surface area contributed by atoms with Crippen LogP contribution in [0.5, 0.6) is 0 Å². The number of rotatable bonds is 12. The molecule has 0 saturated heterocycles. The Balaban J connectivity index is 1.05. The summed E-state index contributed by atoms with van der Waals surface area (Å²) in [6.45, 7) is 0.608. The lowest BCUT2D eigenvalue weighted by Crippen LogP contribution is -2.57. The van der Waals surface area contributed by atoms with Crippen molar-refractivity contribution in [1.29, 1.82) is 0 Å². The average Bonchev–Trinajstić information content (AvgIpc) is 3.20. The number of amides is 3. The van der Waals surface area contributed by atoms with Crippen LogP contribution in [0, 0.1) is 35.0 Å². The third-order valence-electron chi connectivity index (χ3n) is 13.7. The number of hydrogen-bond donors (Lipinski definition) is 5. The molecule has 4 fully saturated rings. The van der Waals surface area contributed by atoms with Crippen LogP contribution in [0.15, 0.2) is 97.1 Å². The van der Waals surface area contributed by atoms with E-state index in [1.54, 1.807) is 0 Å². The van der Waals surface area contributed by atoms with Crippen LogP contribution in [-0.4, -0.2) is 52.5 Å². The van der Waals surface area contributed by atoms with Crippen LogP contribution in [0.2, 0.25) is 0 Å². The molecule has 0 spiro atoms. The molecule has 0 heterocycles. The number of carbonyl (C=O) groups is 5. The van der Waals surface area contributed by atoms with Gasteiger partial charge in [-0.25, -0.2) is 9.59 Å². The highest BCUT2D eigenvalue weighted by molar-refractivity contribution is 6.02. The van der Waals surface area contributed by atoms with Gasteiger partial charge in [-0.05, 0) is 121 Å². The van der Waals surface area contributed by atoms with Gasteiger partial charge in [-0.15, -0.1) is 0 Å². The Bertz CT molecular complexity index is 2150. The number of carboxylic acid groups (broad SMARTS) is 2. The van der Waals surface area contributed by atoms with E-state index < -0.39 is 47.5 Å². The Morgan fingerprint density at radius 3 is 1.60 bits per heavy atom. The van der Waals surface area contributed by atoms with E-state index in [0.29, 0.717) is 13.0 Å². The number of benzene rings is 4. The van der Waals surface area contributed by atoms with E-state index in [1.165, 1.54) is 31.4 Å². The van der Waals surface area contributed by atoms with E-state index in [9.17, 15) is 29.4 Å². The maximum atomic E-state index is 15.1. The second-order valence-electron chi connectivity index (χ2n) is 17.4. The van der Waals surface area contributed by atoms with Gasteiger partial charge >= 0.3 is 11.9 Å². The lowest BCUT2D eigenvalue weighted by molar-refractivity contribution is -0.139. The molecule has 3 amide bonds. The molecule has 7 aliphatic carbocycles. The number of anilines is 1. The topological polar surface area (TPSA) is 162 Å². The normalized spacial score (nSPS) is 27.8. The monoisotopic (exact) mass is 765 g/mol. The van der Waals surface area contributed by atoms with Crippen LogP contribution in [-0.2, 0) is 20.8 Å². The lowest BCUT2D eigenvalue weighted by atomic mass is 9.49. The van der Waals surface area contributed by atoms with Crippen molar-refractivity contribution in [3.63, 3.8) is 0 Å². The van der Waals surface area contributed by atoms with Crippen molar-refractivity contribution in [3.05, 3.63) is 136 Å². The number of aromatic carboxylic acids is 2. The molecule has 292 valence electrons. The zero-order valence-electron chi connectivity index (χ0n) is 31.7. The molecule has 7 aliphatic rings. The van der Waals surface area contributed by atoms with Gasteiger partial charge in [-0.1, -0.05) is 78.9 Å². The SMILES string of the molecule is O=C(O)c1cc(NC(=O)[C@H](CCc2ccccc2)NC(=O)C2C3c4ccccc4C(c4ccccc43)C2C(=O)NCC23CC4CC(CC(C4)C2)C3)cc(C(=O)O)c1. The smallest absolute Gasteiger partial charge is 0.335 e. The van der Waals surface area contributed by atoms with Crippen LogP contribution in [0.4, 0.5) is 5.69 Å². The quantitative estimate of drug-likeness (QED) is 0.104. The predicted molar refractivity (Wildman–Crippen MR) is 213 cm³/mol. The van der Waals surface area contributed by atoms with E-state index in [-0.39, 0.29) is 40.5 Å². The minimum absolute atomic E-state index is 0.0160. The van der Waals surface area contributed by atoms with Crippen molar-refractivity contribution < 1.29 is 34.2 Å². The van der Waals surface area contributed by atoms with Crippen LogP contribution in [0.25, 0.3) is 0 Å². The third-order valence-corrected chi connectivity index (χ3v) is 13.7. The Kier molecular flexibility index (Phi) is 9.45. The largest absolute Gasteiger partial charge is 0.478 e. The zero-order valence-corrected chi connectivity index (χ0v) is 31.7. The predicted octanol–water partition coefficient (Wildman–Crippen LogP) is 7.00. The second kappa shape index (κ2) is 14.6. The summed E-state index contributed by atoms with van der Waals surface area (Å²) in [5.74, 6) is -4.00. The number of carbonyl (C=O) groups excluding carboxylic acids is 3. The number of fused-ring (bicyclic) bond motifs is 1. The fourth-order valence-electron chi connectivity index (χ4n) is 11.9. The summed E-state index contributed by atoms with van der Waals surface area (Å²) in [4.78, 5) is 67.9. The summed E-state index contributed by atoms with van der Waals surface area (Å²) >= 11 is 0. The molecular formula is C47H47N3O7. The summed E-state index contributed by atoms with van der Waals surface area (Å²) in [5, 5.41) is 28.5. The van der Waals surface area contributed by atoms with Gasteiger partial charge in [0.25, 0.3) is 0 Å². The fraction of sp³-hybridized carbons (Fsp3) is 0.383. The Hall–Kier alpha value is -5.77. The van der Waals surface area contributed by atoms with E-state index in [1.807, 2.05) is 66.7 Å². The molecule has 4 aromatic carbocycles. The van der Waals surface area contributed by atoms with Gasteiger partial charge < -0.3 is 26.2 Å². The maximum Gasteiger partial charge on any atom is 0.335 e. The molecule has 10 heteroatoms. The summed E-state index contributed by atoms with van der Waals surface area (Å²) in [6, 6.07) is 28.0. The minimum Gasteiger partial charge on any atom is -0.478 e. The Labute approximate surface area is 331 Å². The highest BCUT2D eigenvalue weighted by atomic mass is 16.4. The molecule has 6 bridgehead atoms. The van der Waals surface area contributed by atoms with Crippen LogP contribution < -0.4 is 16.0 Å². The van der Waals surface area contributed by atoms with Gasteiger partial charge in [0.15, 0.2) is 0 Å². The molecule has 57 heavy (non-hydrogen) atoms. The van der Waals surface area contributed by atoms with Gasteiger partial charge in [0.2, 0.25) is 17.7 Å². The standard InChI is InChI=1S/C47H47N3O7/c51-42(49-32-20-30(45(54)55)19-31(21-32)46(56)57)37(15-14-26-8-2-1-3-9-26)50-44(53)41-39-35-12-6-4-10-33(35)38(34-11-5-7-13-36(34)39)40(41)43(52)48-25-47-22-27-16-28(23-47)18-29(17-27)24-47/h1-13,19-21,27-29,37-41H,14-18,22-25H2,(H,48,52)(H,49,51)(H,50,53)(H,54,55)(H,56,57)/t27?,28?,29?,37-,38?,39?,40?,41?,47?/m0/s1. The summed E-state index contributed by atoms with van der Waals surface area (Å²) < 4.78 is 0. The molecule has 5 N–H and O–H groups in total. The molecule has 4 saturated carbocycles. The van der Waals surface area contributed by atoms with Crippen molar-refractivity contribution in [1.82, 2.24) is 10.6 Å². The Morgan fingerprint density at radius 2 is 1.11 bits per heavy atom. The maximum absolute atomic E-state index is 15.1. The van der Waals surface area contributed by atoms with Crippen LogP contribution >= 0.6 is 0 Å². The molecule has 11 rings (SSSR count). The van der Waals surface area contributed by atoms with Gasteiger partial charge in [0.05, 0.1) is 23.0 Å². The first-order chi connectivity index (χ1) is 27.6. The van der Waals surface area contributed by atoms with Gasteiger partial charge in [-0.2, -0.15) is 0 Å². The first-order valence-corrected chi connectivity index (χ1v) is 20.3. The number of hydrogen-bond acceptors (Lipinski definition) is 5. The first-order valence-electron chi connectivity index (χ1n) is 20.3. The number of carboxylic acids is 2. The van der Waals surface area contributed by atoms with Crippen molar-refractivity contribution >= 4 is 35.3 Å². The van der Waals surface area contributed by atoms with Crippen LogP contribution in [0.3, 0.4) is 0 Å². The fourth-order valence-corrected chi connectivity index (χ4v) is 11.9. The average molecular weight is 766 g/mol. The van der Waals surface area contributed by atoms with Crippen molar-refractivity contribution in [3.8, 4) is 0 Å². The number of aryl methyl sites for hydroxylation is 1. The zero-order chi connectivity index (χ0) is 39.4. The van der Waals surface area contributed by atoms with Gasteiger partial charge in [-0.3, -0.25) is 14.4 Å². The third kappa shape index (κ3) is 6.89. The molecule has 10 nitrogen and oxygen atoms in total. The van der Waals surface area contributed by atoms with E-state index in [0.717, 1.165) is 70.9 Å². The molecule has 0 aliphatic heterocycles. The highest BCUT2D eigenvalue weighted by Crippen LogP contribution is 2.61. The molecule has 2 unspecified atom stereocenters. The van der Waals surface area contributed by atoms with Crippen LogP contribution in [0.1, 0.15) is 105 Å². The molecule has 0 radical (unpaired) electrons. The van der Waals surface area contributed by atoms with E-state index in [2.05, 4.69) is 28.1 Å². The second-order valence-corrected chi connectivity index (χ2v) is 17.4. The molecule has 4 aromatic rings. The van der Waals surface area contributed by atoms with Crippen molar-refractivity contribution in [2.75, 3.05) is 11.9 Å². The first kappa shape index (κ1) is 36.8. The lowest BCUT2D eigenvalue weighted by Gasteiger charge is -2.57. The van der Waals surface area contributed by atoms with Crippen molar-refractivity contribution in [2.24, 2.45) is 35.0 Å². The summed E-state index contributed by atoms with van der Waals surface area (Å²) in [6.07, 6.45) is 7.99. The summed E-state index contributed by atoms with van der Waals surface area (Å²) in [7, 11) is 0. The van der Waals surface area contributed by atoms with Gasteiger partial charge in [0.1, 0.15) is 6.04 Å². The molecule has 0 aromatic heterocycles. The highest BCUT2D eigenvalue weighted by Gasteiger charge is 2.56. The molecule has 3 atom stereocenters. The van der Waals surface area contributed by atoms with Gasteiger partial charge in [0, 0.05) is 24.1 Å². The minimum atomic E-state index is -1.34. The molecular weight excluding hydrogens is 719 g/mol.